The van der Waals surface area contributed by atoms with Gasteiger partial charge in [-0.2, -0.15) is 5.10 Å². The number of hydrogen-bond acceptors (Lipinski definition) is 6. The number of aromatic amines is 1. The number of H-pyrrole nitrogens is 1. The van der Waals surface area contributed by atoms with Crippen molar-refractivity contribution < 1.29 is 9.53 Å². The third-order valence-electron chi connectivity index (χ3n) is 3.99. The van der Waals surface area contributed by atoms with Crippen molar-refractivity contribution in [2.45, 2.75) is 39.0 Å². The Morgan fingerprint density at radius 1 is 1.38 bits per heavy atom. The van der Waals surface area contributed by atoms with Crippen molar-refractivity contribution in [1.29, 1.82) is 0 Å². The topological polar surface area (TPSA) is 96.0 Å². The minimum Gasteiger partial charge on any atom is -0.369 e. The summed E-state index contributed by atoms with van der Waals surface area (Å²) in [5.41, 5.74) is 3.11. The van der Waals surface area contributed by atoms with Crippen LogP contribution in [0.4, 0.5) is 5.95 Å². The van der Waals surface area contributed by atoms with Crippen molar-refractivity contribution in [3.8, 4) is 0 Å². The molecule has 128 valence electrons. The Balaban J connectivity index is 1.68. The van der Waals surface area contributed by atoms with E-state index in [-0.39, 0.29) is 18.1 Å². The number of carbonyl (C=O) groups excluding carboxylic acids is 1. The molecule has 0 bridgehead atoms. The fourth-order valence-electron chi connectivity index (χ4n) is 2.80. The van der Waals surface area contributed by atoms with Crippen LogP contribution in [0.2, 0.25) is 0 Å². The molecule has 1 amide bonds. The maximum Gasteiger partial charge on any atom is 0.272 e. The van der Waals surface area contributed by atoms with E-state index in [9.17, 15) is 4.79 Å². The van der Waals surface area contributed by atoms with E-state index in [1.165, 1.54) is 0 Å². The molecular weight excluding hydrogens is 308 g/mol. The summed E-state index contributed by atoms with van der Waals surface area (Å²) in [6, 6.07) is 0. The van der Waals surface area contributed by atoms with Crippen LogP contribution in [0.25, 0.3) is 0 Å². The highest BCUT2D eigenvalue weighted by atomic mass is 16.5. The van der Waals surface area contributed by atoms with Gasteiger partial charge in [0.25, 0.3) is 5.91 Å². The Morgan fingerprint density at radius 2 is 2.08 bits per heavy atom. The first kappa shape index (κ1) is 16.4. The van der Waals surface area contributed by atoms with Gasteiger partial charge in [0.05, 0.1) is 17.9 Å². The number of aromatic nitrogens is 4. The first-order valence-corrected chi connectivity index (χ1v) is 7.94. The summed E-state index contributed by atoms with van der Waals surface area (Å²) in [5.74, 6) is 0.430. The van der Waals surface area contributed by atoms with Gasteiger partial charge in [0.1, 0.15) is 0 Å². The van der Waals surface area contributed by atoms with Gasteiger partial charge < -0.3 is 15.0 Å². The van der Waals surface area contributed by atoms with Gasteiger partial charge in [-0.05, 0) is 13.8 Å². The van der Waals surface area contributed by atoms with E-state index in [1.807, 2.05) is 32.8 Å². The Labute approximate surface area is 140 Å². The molecule has 0 fully saturated rings. The van der Waals surface area contributed by atoms with Gasteiger partial charge in [0.15, 0.2) is 5.69 Å². The van der Waals surface area contributed by atoms with Crippen molar-refractivity contribution in [2.24, 2.45) is 0 Å². The largest absolute Gasteiger partial charge is 0.369 e. The second-order valence-corrected chi connectivity index (χ2v) is 6.23. The fourth-order valence-corrected chi connectivity index (χ4v) is 2.80. The molecule has 8 nitrogen and oxygen atoms in total. The fraction of sp³-hybridized carbons (Fsp3) is 0.500. The first-order valence-electron chi connectivity index (χ1n) is 7.94. The molecule has 1 aliphatic rings. The first-order chi connectivity index (χ1) is 11.5. The summed E-state index contributed by atoms with van der Waals surface area (Å²) in [6.07, 6.45) is 4.09. The summed E-state index contributed by atoms with van der Waals surface area (Å²) in [4.78, 5) is 22.7. The van der Waals surface area contributed by atoms with Crippen molar-refractivity contribution in [3.63, 3.8) is 0 Å². The molecule has 0 spiro atoms. The van der Waals surface area contributed by atoms with Crippen LogP contribution >= 0.6 is 0 Å². The van der Waals surface area contributed by atoms with Crippen LogP contribution in [-0.2, 0) is 17.7 Å². The van der Waals surface area contributed by atoms with Crippen LogP contribution in [-0.4, -0.2) is 46.3 Å². The molecule has 0 aliphatic carbocycles. The van der Waals surface area contributed by atoms with E-state index in [2.05, 4.69) is 25.5 Å². The number of rotatable bonds is 4. The Morgan fingerprint density at radius 3 is 2.75 bits per heavy atom. The van der Waals surface area contributed by atoms with Crippen LogP contribution < -0.4 is 10.2 Å². The Hall–Kier alpha value is -2.48. The van der Waals surface area contributed by atoms with E-state index >= 15 is 0 Å². The summed E-state index contributed by atoms with van der Waals surface area (Å²) >= 11 is 0. The van der Waals surface area contributed by atoms with Gasteiger partial charge >= 0.3 is 0 Å². The predicted molar refractivity (Wildman–Crippen MR) is 88.8 cm³/mol. The van der Waals surface area contributed by atoms with E-state index in [0.717, 1.165) is 16.8 Å². The molecular formula is C16H22N6O2. The monoisotopic (exact) mass is 330 g/mol. The molecule has 2 atom stereocenters. The van der Waals surface area contributed by atoms with Gasteiger partial charge in [-0.15, -0.1) is 0 Å². The van der Waals surface area contributed by atoms with E-state index < -0.39 is 0 Å². The molecule has 0 saturated carbocycles. The number of amides is 1. The lowest BCUT2D eigenvalue weighted by atomic mass is 9.99. The number of anilines is 1. The second kappa shape index (κ2) is 6.56. The van der Waals surface area contributed by atoms with Gasteiger partial charge in [0, 0.05) is 50.6 Å². The zero-order chi connectivity index (χ0) is 17.3. The molecule has 2 aromatic rings. The van der Waals surface area contributed by atoms with E-state index in [0.29, 0.717) is 24.6 Å². The van der Waals surface area contributed by atoms with Crippen LogP contribution in [0.15, 0.2) is 12.4 Å². The maximum atomic E-state index is 12.5. The van der Waals surface area contributed by atoms with Gasteiger partial charge in [0.2, 0.25) is 5.95 Å². The van der Waals surface area contributed by atoms with E-state index in [1.54, 1.807) is 12.4 Å². The van der Waals surface area contributed by atoms with Crippen molar-refractivity contribution in [3.05, 3.63) is 34.9 Å². The molecule has 3 heterocycles. The molecule has 3 rings (SSSR count). The van der Waals surface area contributed by atoms with Gasteiger partial charge in [-0.1, -0.05) is 0 Å². The second-order valence-electron chi connectivity index (χ2n) is 6.23. The Kier molecular flexibility index (Phi) is 4.48. The highest BCUT2D eigenvalue weighted by Gasteiger charge is 2.29. The quantitative estimate of drug-likeness (QED) is 0.875. The molecule has 2 aromatic heterocycles. The summed E-state index contributed by atoms with van der Waals surface area (Å²) < 4.78 is 5.74. The minimum absolute atomic E-state index is 0.0728. The smallest absolute Gasteiger partial charge is 0.272 e. The molecule has 0 aromatic carbocycles. The van der Waals surface area contributed by atoms with Crippen LogP contribution in [0.5, 0.6) is 0 Å². The highest BCUT2D eigenvalue weighted by Crippen LogP contribution is 2.30. The molecule has 0 saturated heterocycles. The number of nitrogens with zero attached hydrogens (tertiary/aromatic N) is 4. The van der Waals surface area contributed by atoms with Crippen LogP contribution in [0.1, 0.15) is 47.3 Å². The number of carbonyl (C=O) groups is 1. The van der Waals surface area contributed by atoms with E-state index in [4.69, 9.17) is 4.74 Å². The lowest BCUT2D eigenvalue weighted by Gasteiger charge is -2.25. The lowest BCUT2D eigenvalue weighted by molar-refractivity contribution is -0.00697. The zero-order valence-electron chi connectivity index (χ0n) is 14.3. The third-order valence-corrected chi connectivity index (χ3v) is 3.99. The average Bonchev–Trinajstić information content (AvgIpc) is 2.97. The normalized spacial score (nSPS) is 19.7. The summed E-state index contributed by atoms with van der Waals surface area (Å²) in [7, 11) is 3.76. The highest BCUT2D eigenvalue weighted by molar-refractivity contribution is 5.94. The van der Waals surface area contributed by atoms with Crippen molar-refractivity contribution in [2.75, 3.05) is 19.0 Å². The summed E-state index contributed by atoms with van der Waals surface area (Å²) in [5, 5.41) is 9.98. The predicted octanol–water partition coefficient (Wildman–Crippen LogP) is 1.22. The molecule has 24 heavy (non-hydrogen) atoms. The number of ether oxygens (including phenoxy) is 1. The molecule has 0 unspecified atom stereocenters. The standard InChI is InChI=1S/C16H22N6O2/c1-9-5-12-13(10(2)24-9)20-21-14(12)15(23)17-6-11-7-18-16(19-8-11)22(3)4/h7-10H,5-6H2,1-4H3,(H,17,23)(H,20,21)/t9-,10+/m1/s1. The molecule has 8 heteroatoms. The van der Waals surface area contributed by atoms with Crippen molar-refractivity contribution in [1.82, 2.24) is 25.5 Å². The molecule has 2 N–H and O–H groups in total. The number of nitrogens with one attached hydrogen (secondary N) is 2. The number of hydrogen-bond donors (Lipinski definition) is 2. The van der Waals surface area contributed by atoms with Crippen LogP contribution in [0.3, 0.4) is 0 Å². The third kappa shape index (κ3) is 3.23. The average molecular weight is 330 g/mol. The minimum atomic E-state index is -0.203. The lowest BCUT2D eigenvalue weighted by Crippen LogP contribution is -2.27. The van der Waals surface area contributed by atoms with Crippen LogP contribution in [0, 0.1) is 0 Å². The SMILES string of the molecule is C[C@@H]1Cc2c(C(=O)NCc3cnc(N(C)C)nc3)n[nH]c2[C@H](C)O1. The van der Waals surface area contributed by atoms with Crippen molar-refractivity contribution >= 4 is 11.9 Å². The molecule has 1 aliphatic heterocycles. The van der Waals surface area contributed by atoms with Gasteiger partial charge in [-0.3, -0.25) is 9.89 Å². The summed E-state index contributed by atoms with van der Waals surface area (Å²) in [6.45, 7) is 4.31. The molecule has 0 radical (unpaired) electrons. The zero-order valence-corrected chi connectivity index (χ0v) is 14.3. The maximum absolute atomic E-state index is 12.5. The van der Waals surface area contributed by atoms with Gasteiger partial charge in [-0.25, -0.2) is 9.97 Å². The Bertz CT molecular complexity index is 725. The number of fused-ring (bicyclic) bond motifs is 1.